The highest BCUT2D eigenvalue weighted by Crippen LogP contribution is 2.28. The molecule has 0 bridgehead atoms. The summed E-state index contributed by atoms with van der Waals surface area (Å²) in [4.78, 5) is 33.4. The molecule has 0 saturated heterocycles. The Bertz CT molecular complexity index is 545. The molecule has 1 aromatic rings. The lowest BCUT2D eigenvalue weighted by Gasteiger charge is -2.10. The number of nitrogens with one attached hydrogen (secondary N) is 2. The summed E-state index contributed by atoms with van der Waals surface area (Å²) >= 11 is 0. The first-order valence-corrected chi connectivity index (χ1v) is 6.41. The number of carbonyl (C=O) groups excluding carboxylic acids is 2. The molecule has 21 heavy (non-hydrogen) atoms. The van der Waals surface area contributed by atoms with E-state index in [1.54, 1.807) is 0 Å². The Kier molecular flexibility index (Phi) is 6.12. The predicted molar refractivity (Wildman–Crippen MR) is 76.2 cm³/mol. The van der Waals surface area contributed by atoms with Crippen LogP contribution in [-0.2, 0) is 9.59 Å². The minimum Gasteiger partial charge on any atom is -0.495 e. The van der Waals surface area contributed by atoms with Gasteiger partial charge in [0.05, 0.1) is 17.7 Å². The van der Waals surface area contributed by atoms with Gasteiger partial charge in [0.15, 0.2) is 0 Å². The number of nitrogens with zero attached hydrogens (tertiary/aromatic N) is 1. The fourth-order valence-corrected chi connectivity index (χ4v) is 1.55. The van der Waals surface area contributed by atoms with Crippen molar-refractivity contribution >= 4 is 23.2 Å². The van der Waals surface area contributed by atoms with E-state index in [0.29, 0.717) is 6.54 Å². The lowest BCUT2D eigenvalue weighted by Crippen LogP contribution is -2.35. The number of ether oxygens (including phenoxy) is 1. The van der Waals surface area contributed by atoms with Gasteiger partial charge in [0.2, 0.25) is 0 Å². The van der Waals surface area contributed by atoms with Gasteiger partial charge in [-0.3, -0.25) is 19.7 Å². The fraction of sp³-hybridized carbons (Fsp3) is 0.385. The van der Waals surface area contributed by atoms with Crippen LogP contribution in [0.5, 0.6) is 5.75 Å². The van der Waals surface area contributed by atoms with Crippen LogP contribution in [0.15, 0.2) is 18.2 Å². The molecule has 2 N–H and O–H groups in total. The molecule has 0 unspecified atom stereocenters. The zero-order valence-corrected chi connectivity index (χ0v) is 11.8. The summed E-state index contributed by atoms with van der Waals surface area (Å²) in [6, 6.07) is 3.73. The number of hydrogen-bond acceptors (Lipinski definition) is 5. The van der Waals surface area contributed by atoms with Crippen LogP contribution in [0.2, 0.25) is 0 Å². The Hall–Kier alpha value is -2.64. The Balaban J connectivity index is 2.80. The molecule has 0 spiro atoms. The second kappa shape index (κ2) is 7.83. The molecule has 1 aromatic carbocycles. The molecule has 0 saturated carbocycles. The van der Waals surface area contributed by atoms with Crippen LogP contribution in [0.4, 0.5) is 11.4 Å². The summed E-state index contributed by atoms with van der Waals surface area (Å²) in [7, 11) is 1.36. The summed E-state index contributed by atoms with van der Waals surface area (Å²) in [5.74, 6) is -1.46. The smallest absolute Gasteiger partial charge is 0.313 e. The lowest BCUT2D eigenvalue weighted by atomic mass is 10.2. The third-order valence-electron chi connectivity index (χ3n) is 2.66. The van der Waals surface area contributed by atoms with Crippen molar-refractivity contribution in [1.29, 1.82) is 0 Å². The van der Waals surface area contributed by atoms with Crippen molar-refractivity contribution in [3.8, 4) is 5.75 Å². The molecular formula is C13H17N3O5. The van der Waals surface area contributed by atoms with Crippen molar-refractivity contribution in [1.82, 2.24) is 5.32 Å². The van der Waals surface area contributed by atoms with Crippen LogP contribution in [0.25, 0.3) is 0 Å². The molecule has 0 heterocycles. The van der Waals surface area contributed by atoms with Crippen LogP contribution >= 0.6 is 0 Å². The minimum absolute atomic E-state index is 0.0716. The maximum absolute atomic E-state index is 11.7. The fourth-order valence-electron chi connectivity index (χ4n) is 1.55. The van der Waals surface area contributed by atoms with Gasteiger partial charge in [-0.1, -0.05) is 13.3 Å². The molecule has 0 aliphatic rings. The second-order valence-electron chi connectivity index (χ2n) is 4.21. The molecule has 114 valence electrons. The summed E-state index contributed by atoms with van der Waals surface area (Å²) in [5.41, 5.74) is -0.139. The van der Waals surface area contributed by atoms with Crippen molar-refractivity contribution in [2.24, 2.45) is 0 Å². The van der Waals surface area contributed by atoms with Crippen molar-refractivity contribution in [2.75, 3.05) is 19.0 Å². The molecule has 0 aliphatic heterocycles. The van der Waals surface area contributed by atoms with E-state index in [4.69, 9.17) is 4.74 Å². The van der Waals surface area contributed by atoms with Crippen molar-refractivity contribution < 1.29 is 19.2 Å². The van der Waals surface area contributed by atoms with Gasteiger partial charge in [0, 0.05) is 18.7 Å². The monoisotopic (exact) mass is 295 g/mol. The van der Waals surface area contributed by atoms with Gasteiger partial charge in [-0.2, -0.15) is 0 Å². The molecule has 1 rings (SSSR count). The number of benzene rings is 1. The Labute approximate surface area is 121 Å². The highest BCUT2D eigenvalue weighted by molar-refractivity contribution is 6.39. The Morgan fingerprint density at radius 3 is 2.62 bits per heavy atom. The van der Waals surface area contributed by atoms with E-state index in [9.17, 15) is 19.7 Å². The van der Waals surface area contributed by atoms with Crippen LogP contribution in [-0.4, -0.2) is 30.4 Å². The lowest BCUT2D eigenvalue weighted by molar-refractivity contribution is -0.384. The summed E-state index contributed by atoms with van der Waals surface area (Å²) in [6.45, 7) is 2.36. The summed E-state index contributed by atoms with van der Waals surface area (Å²) in [5, 5.41) is 15.5. The summed E-state index contributed by atoms with van der Waals surface area (Å²) < 4.78 is 4.99. The molecule has 0 aromatic heterocycles. The maximum Gasteiger partial charge on any atom is 0.313 e. The normalized spacial score (nSPS) is 9.81. The van der Waals surface area contributed by atoms with Crippen molar-refractivity contribution in [2.45, 2.75) is 19.8 Å². The van der Waals surface area contributed by atoms with Crippen molar-refractivity contribution in [3.63, 3.8) is 0 Å². The van der Waals surface area contributed by atoms with Gasteiger partial charge >= 0.3 is 11.8 Å². The van der Waals surface area contributed by atoms with E-state index in [2.05, 4.69) is 10.6 Å². The number of methoxy groups -OCH3 is 1. The molecule has 2 amide bonds. The molecule has 0 fully saturated rings. The topological polar surface area (TPSA) is 111 Å². The molecule has 0 radical (unpaired) electrons. The third-order valence-corrected chi connectivity index (χ3v) is 2.66. The van der Waals surface area contributed by atoms with E-state index < -0.39 is 16.7 Å². The Morgan fingerprint density at radius 2 is 2.05 bits per heavy atom. The highest BCUT2D eigenvalue weighted by Gasteiger charge is 2.17. The number of unbranched alkanes of at least 4 members (excludes halogenated alkanes) is 1. The van der Waals surface area contributed by atoms with Gasteiger partial charge in [0.1, 0.15) is 5.75 Å². The quantitative estimate of drug-likeness (QED) is 0.357. The van der Waals surface area contributed by atoms with E-state index in [0.717, 1.165) is 18.9 Å². The van der Waals surface area contributed by atoms with Crippen LogP contribution in [0.1, 0.15) is 19.8 Å². The molecule has 0 aliphatic carbocycles. The molecular weight excluding hydrogens is 278 g/mol. The third kappa shape index (κ3) is 4.75. The van der Waals surface area contributed by atoms with Gasteiger partial charge in [-0.05, 0) is 12.5 Å². The number of carbonyl (C=O) groups is 2. The van der Waals surface area contributed by atoms with Gasteiger partial charge in [-0.25, -0.2) is 0 Å². The van der Waals surface area contributed by atoms with Crippen LogP contribution in [0, 0.1) is 10.1 Å². The van der Waals surface area contributed by atoms with Crippen molar-refractivity contribution in [3.05, 3.63) is 28.3 Å². The number of amides is 2. The SMILES string of the molecule is CCCCNC(=O)C(=O)Nc1cc([N+](=O)[O-])ccc1OC. The second-order valence-corrected chi connectivity index (χ2v) is 4.21. The average molecular weight is 295 g/mol. The van der Waals surface area contributed by atoms with E-state index in [1.807, 2.05) is 6.92 Å². The molecule has 8 heteroatoms. The summed E-state index contributed by atoms with van der Waals surface area (Å²) in [6.07, 6.45) is 1.65. The van der Waals surface area contributed by atoms with Crippen LogP contribution < -0.4 is 15.4 Å². The predicted octanol–water partition coefficient (Wildman–Crippen LogP) is 1.46. The number of nitro benzene ring substituents is 1. The molecule has 8 nitrogen and oxygen atoms in total. The first-order chi connectivity index (χ1) is 9.99. The number of non-ortho nitro benzene ring substituents is 1. The van der Waals surface area contributed by atoms with Gasteiger partial charge in [-0.15, -0.1) is 0 Å². The zero-order valence-electron chi connectivity index (χ0n) is 11.8. The number of hydrogen-bond donors (Lipinski definition) is 2. The number of nitro groups is 1. The number of rotatable bonds is 6. The minimum atomic E-state index is -0.898. The average Bonchev–Trinajstić information content (AvgIpc) is 2.47. The van der Waals surface area contributed by atoms with Gasteiger partial charge in [0.25, 0.3) is 5.69 Å². The number of anilines is 1. The maximum atomic E-state index is 11.7. The first kappa shape index (κ1) is 16.4. The standard InChI is InChI=1S/C13H17N3O5/c1-3-4-7-14-12(17)13(18)15-10-8-9(16(19)20)5-6-11(10)21-2/h5-6,8H,3-4,7H2,1-2H3,(H,14,17)(H,15,18). The Morgan fingerprint density at radius 1 is 1.33 bits per heavy atom. The van der Waals surface area contributed by atoms with E-state index in [-0.39, 0.29) is 17.1 Å². The van der Waals surface area contributed by atoms with Crippen LogP contribution in [0.3, 0.4) is 0 Å². The largest absolute Gasteiger partial charge is 0.495 e. The van der Waals surface area contributed by atoms with E-state index >= 15 is 0 Å². The first-order valence-electron chi connectivity index (χ1n) is 6.41. The molecule has 0 atom stereocenters. The zero-order chi connectivity index (χ0) is 15.8. The highest BCUT2D eigenvalue weighted by atomic mass is 16.6. The van der Waals surface area contributed by atoms with Gasteiger partial charge < -0.3 is 15.4 Å². The van der Waals surface area contributed by atoms with E-state index in [1.165, 1.54) is 19.2 Å².